The SMILES string of the molecule is Cc1cccc(C2CC3CC2C2CCC(C)CC32)c1OCC1CO1. The molecular formula is C22H30O2. The zero-order valence-corrected chi connectivity index (χ0v) is 15.0. The summed E-state index contributed by atoms with van der Waals surface area (Å²) in [6.45, 7) is 6.26. The van der Waals surface area contributed by atoms with Gasteiger partial charge in [0, 0.05) is 0 Å². The van der Waals surface area contributed by atoms with Crippen molar-refractivity contribution < 1.29 is 9.47 Å². The van der Waals surface area contributed by atoms with E-state index in [0.717, 1.165) is 48.7 Å². The van der Waals surface area contributed by atoms with Gasteiger partial charge in [-0.15, -0.1) is 0 Å². The molecule has 2 nitrogen and oxygen atoms in total. The van der Waals surface area contributed by atoms with Crippen LogP contribution in [0.2, 0.25) is 0 Å². The van der Waals surface area contributed by atoms with Crippen molar-refractivity contribution >= 4 is 0 Å². The molecule has 130 valence electrons. The molecule has 5 rings (SSSR count). The normalized spacial score (nSPS) is 42.8. The number of hydrogen-bond donors (Lipinski definition) is 0. The molecule has 2 bridgehead atoms. The third-order valence-electron chi connectivity index (χ3n) is 7.48. The van der Waals surface area contributed by atoms with Gasteiger partial charge in [0.1, 0.15) is 18.5 Å². The first-order valence-electron chi connectivity index (χ1n) is 10.0. The van der Waals surface area contributed by atoms with E-state index in [1.807, 2.05) is 0 Å². The fourth-order valence-electron chi connectivity index (χ4n) is 6.32. The van der Waals surface area contributed by atoms with Gasteiger partial charge in [-0.1, -0.05) is 31.5 Å². The molecule has 3 saturated carbocycles. The molecule has 0 spiro atoms. The van der Waals surface area contributed by atoms with E-state index in [-0.39, 0.29) is 0 Å². The van der Waals surface area contributed by atoms with Gasteiger partial charge in [0.05, 0.1) is 6.61 Å². The molecule has 0 amide bonds. The molecule has 24 heavy (non-hydrogen) atoms. The zero-order valence-electron chi connectivity index (χ0n) is 15.0. The lowest BCUT2D eigenvalue weighted by Gasteiger charge is -2.41. The van der Waals surface area contributed by atoms with E-state index >= 15 is 0 Å². The molecule has 4 fully saturated rings. The van der Waals surface area contributed by atoms with Crippen LogP contribution in [-0.2, 0) is 4.74 Å². The second kappa shape index (κ2) is 5.76. The monoisotopic (exact) mass is 326 g/mol. The van der Waals surface area contributed by atoms with Crippen molar-refractivity contribution in [3.63, 3.8) is 0 Å². The van der Waals surface area contributed by atoms with Crippen molar-refractivity contribution in [2.45, 2.75) is 58.0 Å². The molecule has 1 saturated heterocycles. The molecule has 0 N–H and O–H groups in total. The number of hydrogen-bond acceptors (Lipinski definition) is 2. The Hall–Kier alpha value is -1.02. The lowest BCUT2D eigenvalue weighted by Crippen LogP contribution is -2.32. The Bertz CT molecular complexity index is 620. The van der Waals surface area contributed by atoms with Gasteiger partial charge in [0.25, 0.3) is 0 Å². The fourth-order valence-corrected chi connectivity index (χ4v) is 6.32. The summed E-state index contributed by atoms with van der Waals surface area (Å²) in [7, 11) is 0. The Labute approximate surface area is 145 Å². The molecule has 1 aromatic rings. The van der Waals surface area contributed by atoms with Crippen LogP contribution in [0.1, 0.15) is 56.1 Å². The number of rotatable bonds is 4. The van der Waals surface area contributed by atoms with Crippen LogP contribution in [0.4, 0.5) is 0 Å². The summed E-state index contributed by atoms with van der Waals surface area (Å²) >= 11 is 0. The molecule has 7 atom stereocenters. The molecule has 1 aromatic carbocycles. The molecule has 3 aliphatic carbocycles. The van der Waals surface area contributed by atoms with Gasteiger partial charge in [-0.2, -0.15) is 0 Å². The van der Waals surface area contributed by atoms with Crippen LogP contribution in [0, 0.1) is 36.5 Å². The summed E-state index contributed by atoms with van der Waals surface area (Å²) in [4.78, 5) is 0. The average Bonchev–Trinajstić information content (AvgIpc) is 3.21. The highest BCUT2D eigenvalue weighted by molar-refractivity contribution is 5.44. The van der Waals surface area contributed by atoms with E-state index in [1.54, 1.807) is 0 Å². The number of para-hydroxylation sites is 1. The molecule has 7 unspecified atom stereocenters. The largest absolute Gasteiger partial charge is 0.490 e. The van der Waals surface area contributed by atoms with Gasteiger partial charge in [-0.25, -0.2) is 0 Å². The second-order valence-electron chi connectivity index (χ2n) is 9.01. The molecule has 4 aliphatic rings. The highest BCUT2D eigenvalue weighted by Gasteiger charge is 2.54. The Morgan fingerprint density at radius 1 is 1.08 bits per heavy atom. The Morgan fingerprint density at radius 2 is 1.96 bits per heavy atom. The van der Waals surface area contributed by atoms with E-state index in [4.69, 9.17) is 9.47 Å². The molecule has 1 aliphatic heterocycles. The van der Waals surface area contributed by atoms with Crippen LogP contribution >= 0.6 is 0 Å². The van der Waals surface area contributed by atoms with Crippen LogP contribution < -0.4 is 4.74 Å². The zero-order chi connectivity index (χ0) is 16.3. The first-order chi connectivity index (χ1) is 11.7. The lowest BCUT2D eigenvalue weighted by molar-refractivity contribution is 0.112. The van der Waals surface area contributed by atoms with Gasteiger partial charge < -0.3 is 9.47 Å². The van der Waals surface area contributed by atoms with Gasteiger partial charge in [-0.05, 0) is 79.2 Å². The maximum atomic E-state index is 6.24. The highest BCUT2D eigenvalue weighted by atomic mass is 16.6. The van der Waals surface area contributed by atoms with Crippen molar-refractivity contribution in [2.24, 2.45) is 29.6 Å². The second-order valence-corrected chi connectivity index (χ2v) is 9.01. The number of ether oxygens (including phenoxy) is 2. The predicted octanol–water partition coefficient (Wildman–Crippen LogP) is 4.95. The summed E-state index contributed by atoms with van der Waals surface area (Å²) < 4.78 is 11.6. The van der Waals surface area contributed by atoms with Gasteiger partial charge in [-0.3, -0.25) is 0 Å². The lowest BCUT2D eigenvalue weighted by atomic mass is 9.64. The first kappa shape index (κ1) is 15.3. The number of fused-ring (bicyclic) bond motifs is 5. The summed E-state index contributed by atoms with van der Waals surface area (Å²) in [6, 6.07) is 6.78. The average molecular weight is 326 g/mol. The summed E-state index contributed by atoms with van der Waals surface area (Å²) in [6.07, 6.45) is 7.63. The molecule has 2 heteroatoms. The van der Waals surface area contributed by atoms with Crippen molar-refractivity contribution in [1.29, 1.82) is 0 Å². The van der Waals surface area contributed by atoms with E-state index < -0.39 is 0 Å². The first-order valence-corrected chi connectivity index (χ1v) is 10.0. The minimum Gasteiger partial charge on any atom is -0.490 e. The van der Waals surface area contributed by atoms with E-state index in [2.05, 4.69) is 32.0 Å². The fraction of sp³-hybridized carbons (Fsp3) is 0.727. The van der Waals surface area contributed by atoms with Gasteiger partial charge in [0.2, 0.25) is 0 Å². The maximum Gasteiger partial charge on any atom is 0.125 e. The smallest absolute Gasteiger partial charge is 0.125 e. The number of aryl methyl sites for hydroxylation is 1. The van der Waals surface area contributed by atoms with Gasteiger partial charge >= 0.3 is 0 Å². The maximum absolute atomic E-state index is 6.24. The third kappa shape index (κ3) is 2.49. The van der Waals surface area contributed by atoms with E-state index in [1.165, 1.54) is 49.0 Å². The van der Waals surface area contributed by atoms with Crippen LogP contribution in [0.3, 0.4) is 0 Å². The van der Waals surface area contributed by atoms with E-state index in [0.29, 0.717) is 6.10 Å². The van der Waals surface area contributed by atoms with E-state index in [9.17, 15) is 0 Å². The van der Waals surface area contributed by atoms with Crippen molar-refractivity contribution in [2.75, 3.05) is 13.2 Å². The number of benzene rings is 1. The Kier molecular flexibility index (Phi) is 3.66. The summed E-state index contributed by atoms with van der Waals surface area (Å²) in [5.74, 6) is 6.78. The van der Waals surface area contributed by atoms with Crippen LogP contribution in [-0.4, -0.2) is 19.3 Å². The molecule has 0 aromatic heterocycles. The standard InChI is InChI=1S/C22H30O2/c1-13-6-7-17-19(8-13)15-9-20(17)21(10-15)18-5-3-4-14(2)22(18)24-12-16-11-23-16/h3-5,13,15-17,19-21H,6-12H2,1-2H3. The minimum absolute atomic E-state index is 0.335. The third-order valence-corrected chi connectivity index (χ3v) is 7.48. The Morgan fingerprint density at radius 3 is 2.79 bits per heavy atom. The van der Waals surface area contributed by atoms with Crippen molar-refractivity contribution in [1.82, 2.24) is 0 Å². The minimum atomic E-state index is 0.335. The number of epoxide rings is 1. The predicted molar refractivity (Wildman–Crippen MR) is 95.4 cm³/mol. The van der Waals surface area contributed by atoms with Crippen LogP contribution in [0.15, 0.2) is 18.2 Å². The topological polar surface area (TPSA) is 21.8 Å². The Balaban J connectivity index is 1.40. The summed E-state index contributed by atoms with van der Waals surface area (Å²) in [5, 5.41) is 0. The molecule has 1 heterocycles. The molecular weight excluding hydrogens is 296 g/mol. The highest BCUT2D eigenvalue weighted by Crippen LogP contribution is 2.63. The quantitative estimate of drug-likeness (QED) is 0.730. The van der Waals surface area contributed by atoms with Crippen molar-refractivity contribution in [3.8, 4) is 5.75 Å². The summed E-state index contributed by atoms with van der Waals surface area (Å²) in [5.41, 5.74) is 2.80. The van der Waals surface area contributed by atoms with Crippen molar-refractivity contribution in [3.05, 3.63) is 29.3 Å². The van der Waals surface area contributed by atoms with Crippen LogP contribution in [0.5, 0.6) is 5.75 Å². The van der Waals surface area contributed by atoms with Gasteiger partial charge in [0.15, 0.2) is 0 Å². The molecule has 0 radical (unpaired) electrons. The van der Waals surface area contributed by atoms with Crippen LogP contribution in [0.25, 0.3) is 0 Å².